The Labute approximate surface area is 99.8 Å². The Morgan fingerprint density at radius 3 is 2.64 bits per heavy atom. The van der Waals surface area contributed by atoms with Gasteiger partial charge >= 0.3 is 5.97 Å². The molecule has 1 N–H and O–H groups in total. The number of rotatable bonds is 2. The van der Waals surface area contributed by atoms with Crippen LogP contribution in [0.1, 0.15) is 22.3 Å². The molecule has 0 radical (unpaired) electrons. The normalized spacial score (nSPS) is 10.6. The molecule has 0 saturated carbocycles. The number of aromatic carboxylic acids is 1. The number of nitrogens with zero attached hydrogens (tertiary/aromatic N) is 1. The highest BCUT2D eigenvalue weighted by Gasteiger charge is 2.22. The van der Waals surface area contributed by atoms with Gasteiger partial charge in [0, 0.05) is 6.20 Å². The summed E-state index contributed by atoms with van der Waals surface area (Å²) < 4.78 is 25.2. The summed E-state index contributed by atoms with van der Waals surface area (Å²) in [6, 6.07) is 0. The molecule has 1 rings (SSSR count). The number of hydrogen-bond donors (Lipinski definition) is 1. The molecular formula is C7H3BrF2INO2. The summed E-state index contributed by atoms with van der Waals surface area (Å²) in [6.07, 6.45) is -1.97. The van der Waals surface area contributed by atoms with E-state index in [1.54, 1.807) is 22.6 Å². The van der Waals surface area contributed by atoms with Crippen LogP contribution in [0.25, 0.3) is 0 Å². The lowest BCUT2D eigenvalue weighted by Gasteiger charge is -2.07. The number of aromatic nitrogens is 1. The third-order valence-corrected chi connectivity index (χ3v) is 3.79. The van der Waals surface area contributed by atoms with Crippen molar-refractivity contribution in [2.45, 2.75) is 6.43 Å². The van der Waals surface area contributed by atoms with Gasteiger partial charge in [0.15, 0.2) is 0 Å². The summed E-state index contributed by atoms with van der Waals surface area (Å²) in [7, 11) is 0. The van der Waals surface area contributed by atoms with E-state index in [0.717, 1.165) is 6.20 Å². The molecule has 0 spiro atoms. The van der Waals surface area contributed by atoms with Crippen LogP contribution in [0.15, 0.2) is 10.7 Å². The Balaban J connectivity index is 3.45. The fraction of sp³-hybridized carbons (Fsp3) is 0.143. The maximum atomic E-state index is 12.4. The number of pyridine rings is 1. The van der Waals surface area contributed by atoms with E-state index in [9.17, 15) is 13.6 Å². The van der Waals surface area contributed by atoms with Crippen LogP contribution in [0.4, 0.5) is 8.78 Å². The van der Waals surface area contributed by atoms with E-state index in [2.05, 4.69) is 20.9 Å². The second-order valence-corrected chi connectivity index (χ2v) is 4.11. The third-order valence-electron chi connectivity index (χ3n) is 1.46. The molecule has 1 heterocycles. The van der Waals surface area contributed by atoms with Gasteiger partial charge in [0.25, 0.3) is 6.43 Å². The van der Waals surface area contributed by atoms with Crippen LogP contribution in [-0.2, 0) is 0 Å². The summed E-state index contributed by atoms with van der Waals surface area (Å²) in [5.41, 5.74) is -1.01. The SMILES string of the molecule is O=C(O)c1c(C(F)F)cnc(I)c1Br. The maximum Gasteiger partial charge on any atom is 0.337 e. The van der Waals surface area contributed by atoms with Crippen LogP contribution < -0.4 is 0 Å². The van der Waals surface area contributed by atoms with Gasteiger partial charge in [-0.15, -0.1) is 0 Å². The van der Waals surface area contributed by atoms with Crippen LogP contribution in [0.3, 0.4) is 0 Å². The Hall–Kier alpha value is -0.310. The number of halogens is 4. The first kappa shape index (κ1) is 11.8. The molecule has 3 nitrogen and oxygen atoms in total. The Morgan fingerprint density at radius 2 is 2.21 bits per heavy atom. The summed E-state index contributed by atoms with van der Waals surface area (Å²) >= 11 is 4.67. The van der Waals surface area contributed by atoms with Gasteiger partial charge in [-0.25, -0.2) is 18.6 Å². The van der Waals surface area contributed by atoms with E-state index >= 15 is 0 Å². The third kappa shape index (κ3) is 2.19. The minimum atomic E-state index is -2.85. The van der Waals surface area contributed by atoms with Crippen LogP contribution in [0.2, 0.25) is 0 Å². The van der Waals surface area contributed by atoms with Crippen LogP contribution >= 0.6 is 38.5 Å². The molecule has 0 aliphatic rings. The molecule has 0 aliphatic heterocycles. The number of alkyl halides is 2. The fourth-order valence-electron chi connectivity index (χ4n) is 0.860. The quantitative estimate of drug-likeness (QED) is 0.636. The van der Waals surface area contributed by atoms with Crippen molar-refractivity contribution in [3.8, 4) is 0 Å². The van der Waals surface area contributed by atoms with Crippen molar-refractivity contribution < 1.29 is 18.7 Å². The number of carbonyl (C=O) groups is 1. The second-order valence-electron chi connectivity index (χ2n) is 2.30. The minimum absolute atomic E-state index is 0.0865. The Kier molecular flexibility index (Phi) is 3.76. The van der Waals surface area contributed by atoms with Crippen LogP contribution in [-0.4, -0.2) is 16.1 Å². The van der Waals surface area contributed by atoms with E-state index in [-0.39, 0.29) is 4.47 Å². The van der Waals surface area contributed by atoms with Crippen molar-refractivity contribution in [2.75, 3.05) is 0 Å². The van der Waals surface area contributed by atoms with E-state index in [0.29, 0.717) is 3.70 Å². The first-order valence-corrected chi connectivity index (χ1v) is 5.17. The summed E-state index contributed by atoms with van der Waals surface area (Å²) in [5, 5.41) is 8.73. The molecule has 1 aromatic rings. The molecule has 0 unspecified atom stereocenters. The molecule has 14 heavy (non-hydrogen) atoms. The topological polar surface area (TPSA) is 50.2 Å². The van der Waals surface area contributed by atoms with E-state index in [1.807, 2.05) is 0 Å². The predicted octanol–water partition coefficient (Wildman–Crippen LogP) is 3.08. The zero-order valence-electron chi connectivity index (χ0n) is 6.47. The molecule has 1 aromatic heterocycles. The van der Waals surface area contributed by atoms with Crippen molar-refractivity contribution in [1.29, 1.82) is 0 Å². The zero-order valence-corrected chi connectivity index (χ0v) is 10.2. The van der Waals surface area contributed by atoms with Gasteiger partial charge in [0.05, 0.1) is 15.6 Å². The van der Waals surface area contributed by atoms with Gasteiger partial charge in [-0.3, -0.25) is 0 Å². The molecule has 0 saturated heterocycles. The number of hydrogen-bond acceptors (Lipinski definition) is 2. The monoisotopic (exact) mass is 377 g/mol. The summed E-state index contributed by atoms with van der Waals surface area (Å²) in [6.45, 7) is 0. The van der Waals surface area contributed by atoms with Crippen molar-refractivity contribution in [1.82, 2.24) is 4.98 Å². The van der Waals surface area contributed by atoms with Gasteiger partial charge in [0.2, 0.25) is 0 Å². The lowest BCUT2D eigenvalue weighted by atomic mass is 10.1. The highest BCUT2D eigenvalue weighted by Crippen LogP contribution is 2.30. The van der Waals surface area contributed by atoms with E-state index in [1.165, 1.54) is 0 Å². The van der Waals surface area contributed by atoms with Gasteiger partial charge in [-0.1, -0.05) is 0 Å². The predicted molar refractivity (Wildman–Crippen MR) is 56.6 cm³/mol. The molecule has 0 amide bonds. The highest BCUT2D eigenvalue weighted by atomic mass is 127. The minimum Gasteiger partial charge on any atom is -0.478 e. The lowest BCUT2D eigenvalue weighted by molar-refractivity contribution is 0.0683. The van der Waals surface area contributed by atoms with Crippen molar-refractivity contribution in [3.05, 3.63) is 25.5 Å². The van der Waals surface area contributed by atoms with E-state index < -0.39 is 23.5 Å². The van der Waals surface area contributed by atoms with Crippen LogP contribution in [0, 0.1) is 3.70 Å². The molecular weight excluding hydrogens is 375 g/mol. The molecule has 76 valence electrons. The van der Waals surface area contributed by atoms with Gasteiger partial charge in [-0.2, -0.15) is 0 Å². The smallest absolute Gasteiger partial charge is 0.337 e. The first-order chi connectivity index (χ1) is 6.45. The molecule has 0 aromatic carbocycles. The van der Waals surface area contributed by atoms with Crippen molar-refractivity contribution >= 4 is 44.5 Å². The Bertz CT molecular complexity index is 386. The van der Waals surface area contributed by atoms with Crippen molar-refractivity contribution in [2.24, 2.45) is 0 Å². The Morgan fingerprint density at radius 1 is 1.64 bits per heavy atom. The molecule has 0 fully saturated rings. The van der Waals surface area contributed by atoms with Crippen LogP contribution in [0.5, 0.6) is 0 Å². The van der Waals surface area contributed by atoms with Gasteiger partial charge < -0.3 is 5.11 Å². The maximum absolute atomic E-state index is 12.4. The first-order valence-electron chi connectivity index (χ1n) is 3.30. The fourth-order valence-corrected chi connectivity index (χ4v) is 1.77. The highest BCUT2D eigenvalue weighted by molar-refractivity contribution is 14.1. The largest absolute Gasteiger partial charge is 0.478 e. The van der Waals surface area contributed by atoms with Crippen molar-refractivity contribution in [3.63, 3.8) is 0 Å². The zero-order chi connectivity index (χ0) is 10.9. The van der Waals surface area contributed by atoms with E-state index in [4.69, 9.17) is 5.11 Å². The molecule has 0 aliphatic carbocycles. The standard InChI is InChI=1S/C7H3BrF2INO2/c8-4-3(7(13)14)2(5(9)10)1-12-6(4)11/h1,5H,(H,13,14). The summed E-state index contributed by atoms with van der Waals surface area (Å²) in [4.78, 5) is 14.3. The van der Waals surface area contributed by atoms with Gasteiger partial charge in [0.1, 0.15) is 3.70 Å². The average Bonchev–Trinajstić information content (AvgIpc) is 2.08. The summed E-state index contributed by atoms with van der Waals surface area (Å²) in [5.74, 6) is -1.40. The molecule has 0 bridgehead atoms. The lowest BCUT2D eigenvalue weighted by Crippen LogP contribution is -2.06. The molecule has 7 heteroatoms. The average molecular weight is 378 g/mol. The van der Waals surface area contributed by atoms with Gasteiger partial charge in [-0.05, 0) is 38.5 Å². The number of carboxylic acid groups (broad SMARTS) is 1. The second kappa shape index (κ2) is 4.47. The molecule has 0 atom stereocenters. The number of carboxylic acids is 1.